The Labute approximate surface area is 104 Å². The van der Waals surface area contributed by atoms with E-state index in [1.807, 2.05) is 6.92 Å². The Bertz CT molecular complexity index is 481. The van der Waals surface area contributed by atoms with Crippen molar-refractivity contribution in [3.8, 4) is 0 Å². The maximum absolute atomic E-state index is 11.8. The van der Waals surface area contributed by atoms with E-state index in [-0.39, 0.29) is 17.7 Å². The van der Waals surface area contributed by atoms with Crippen LogP contribution in [0.3, 0.4) is 0 Å². The van der Waals surface area contributed by atoms with Crippen LogP contribution >= 0.6 is 0 Å². The minimum atomic E-state index is -0.963. The number of aromatic amines is 1. The molecule has 0 aliphatic carbocycles. The number of carboxylic acid groups (broad SMARTS) is 1. The number of aromatic nitrogens is 1. The number of hydrogen-bond acceptors (Lipinski definition) is 3. The molecule has 1 heterocycles. The molecule has 0 saturated carbocycles. The Morgan fingerprint density at radius 1 is 1.44 bits per heavy atom. The summed E-state index contributed by atoms with van der Waals surface area (Å²) in [6, 6.07) is 3.82. The van der Waals surface area contributed by atoms with E-state index in [0.717, 1.165) is 6.42 Å². The molecule has 0 saturated heterocycles. The van der Waals surface area contributed by atoms with Crippen molar-refractivity contribution >= 4 is 11.9 Å². The van der Waals surface area contributed by atoms with Gasteiger partial charge in [-0.05, 0) is 12.5 Å². The van der Waals surface area contributed by atoms with Crippen LogP contribution < -0.4 is 10.9 Å². The predicted octanol–water partition coefficient (Wildman–Crippen LogP) is 0.748. The molecule has 0 aromatic carbocycles. The van der Waals surface area contributed by atoms with Gasteiger partial charge in [-0.25, -0.2) is 0 Å². The highest BCUT2D eigenvalue weighted by Crippen LogP contribution is 2.03. The molecule has 6 heteroatoms. The number of pyridine rings is 1. The van der Waals surface area contributed by atoms with Crippen molar-refractivity contribution in [1.29, 1.82) is 0 Å². The van der Waals surface area contributed by atoms with Crippen molar-refractivity contribution in [1.82, 2.24) is 10.3 Å². The molecule has 0 radical (unpaired) electrons. The molecule has 98 valence electrons. The summed E-state index contributed by atoms with van der Waals surface area (Å²) < 4.78 is 0. The lowest BCUT2D eigenvalue weighted by Crippen LogP contribution is -2.37. The molecule has 0 aliphatic rings. The molecule has 0 bridgehead atoms. The first-order valence-corrected chi connectivity index (χ1v) is 5.75. The number of H-pyrrole nitrogens is 1. The maximum atomic E-state index is 11.8. The van der Waals surface area contributed by atoms with Gasteiger partial charge in [-0.2, -0.15) is 0 Å². The van der Waals surface area contributed by atoms with Crippen LogP contribution in [0.1, 0.15) is 36.7 Å². The third-order valence-corrected chi connectivity index (χ3v) is 2.41. The fraction of sp³-hybridized carbons (Fsp3) is 0.417. The summed E-state index contributed by atoms with van der Waals surface area (Å²) in [5, 5.41) is 11.3. The van der Waals surface area contributed by atoms with Crippen LogP contribution in [-0.4, -0.2) is 28.0 Å². The second-order valence-corrected chi connectivity index (χ2v) is 3.99. The van der Waals surface area contributed by atoms with Gasteiger partial charge in [0.2, 0.25) is 5.56 Å². The first-order chi connectivity index (χ1) is 8.52. The molecule has 0 spiro atoms. The Morgan fingerprint density at radius 3 is 2.72 bits per heavy atom. The van der Waals surface area contributed by atoms with Crippen LogP contribution in [0, 0.1) is 0 Å². The lowest BCUT2D eigenvalue weighted by atomic mass is 10.1. The molecule has 1 aromatic heterocycles. The quantitative estimate of drug-likeness (QED) is 0.695. The van der Waals surface area contributed by atoms with Gasteiger partial charge < -0.3 is 15.4 Å². The molecule has 3 N–H and O–H groups in total. The molecule has 1 amide bonds. The maximum Gasteiger partial charge on any atom is 0.305 e. The molecule has 1 atom stereocenters. The van der Waals surface area contributed by atoms with E-state index in [0.29, 0.717) is 6.42 Å². The summed E-state index contributed by atoms with van der Waals surface area (Å²) in [5.41, 5.74) is -0.234. The average molecular weight is 252 g/mol. The number of nitrogens with one attached hydrogen (secondary N) is 2. The van der Waals surface area contributed by atoms with Crippen molar-refractivity contribution in [3.05, 3.63) is 34.2 Å². The molecule has 6 nitrogen and oxygen atoms in total. The summed E-state index contributed by atoms with van der Waals surface area (Å²) in [6.07, 6.45) is 1.22. The highest BCUT2D eigenvalue weighted by molar-refractivity contribution is 5.92. The van der Waals surface area contributed by atoms with Crippen LogP contribution in [0.15, 0.2) is 23.0 Å². The van der Waals surface area contributed by atoms with E-state index in [1.54, 1.807) is 0 Å². The Hall–Kier alpha value is -2.11. The summed E-state index contributed by atoms with van der Waals surface area (Å²) in [6.45, 7) is 1.91. The highest BCUT2D eigenvalue weighted by atomic mass is 16.4. The predicted molar refractivity (Wildman–Crippen MR) is 65.5 cm³/mol. The van der Waals surface area contributed by atoms with E-state index in [1.165, 1.54) is 18.2 Å². The molecular formula is C12H16N2O4. The SMILES string of the molecule is CCC[C@H](CC(=O)O)NC(=O)c1cccc(=O)[nH]1. The lowest BCUT2D eigenvalue weighted by Gasteiger charge is -2.15. The van der Waals surface area contributed by atoms with Gasteiger partial charge in [-0.1, -0.05) is 19.4 Å². The normalized spacial score (nSPS) is 11.8. The Kier molecular flexibility index (Phi) is 5.10. The fourth-order valence-corrected chi connectivity index (χ4v) is 1.63. The van der Waals surface area contributed by atoms with E-state index in [9.17, 15) is 14.4 Å². The van der Waals surface area contributed by atoms with Crippen molar-refractivity contribution in [2.45, 2.75) is 32.2 Å². The molecule has 18 heavy (non-hydrogen) atoms. The number of carbonyl (C=O) groups is 2. The van der Waals surface area contributed by atoms with E-state index in [4.69, 9.17) is 5.11 Å². The number of carboxylic acids is 1. The second kappa shape index (κ2) is 6.58. The standard InChI is InChI=1S/C12H16N2O4/c1-2-4-8(7-11(16)17)13-12(18)9-5-3-6-10(15)14-9/h3,5-6,8H,2,4,7H2,1H3,(H,13,18)(H,14,15)(H,16,17)/t8-/m1/s1. The molecule has 0 fully saturated rings. The summed E-state index contributed by atoms with van der Waals surface area (Å²) >= 11 is 0. The topological polar surface area (TPSA) is 99.3 Å². The molecule has 0 unspecified atom stereocenters. The van der Waals surface area contributed by atoms with Gasteiger partial charge in [0.05, 0.1) is 6.42 Å². The van der Waals surface area contributed by atoms with Gasteiger partial charge in [-0.15, -0.1) is 0 Å². The first kappa shape index (κ1) is 14.0. The van der Waals surface area contributed by atoms with Crippen molar-refractivity contribution in [2.24, 2.45) is 0 Å². The van der Waals surface area contributed by atoms with E-state index in [2.05, 4.69) is 10.3 Å². The zero-order valence-electron chi connectivity index (χ0n) is 10.1. The van der Waals surface area contributed by atoms with Crippen LogP contribution in [0.25, 0.3) is 0 Å². The Balaban J connectivity index is 2.71. The minimum Gasteiger partial charge on any atom is -0.481 e. The van der Waals surface area contributed by atoms with E-state index < -0.39 is 17.9 Å². The zero-order valence-corrected chi connectivity index (χ0v) is 10.1. The van der Waals surface area contributed by atoms with Crippen LogP contribution in [0.2, 0.25) is 0 Å². The molecule has 1 rings (SSSR count). The summed E-state index contributed by atoms with van der Waals surface area (Å²) in [4.78, 5) is 35.9. The number of aliphatic carboxylic acids is 1. The van der Waals surface area contributed by atoms with Crippen LogP contribution in [-0.2, 0) is 4.79 Å². The zero-order chi connectivity index (χ0) is 13.5. The number of amides is 1. The second-order valence-electron chi connectivity index (χ2n) is 3.99. The van der Waals surface area contributed by atoms with Crippen molar-refractivity contribution in [3.63, 3.8) is 0 Å². The monoisotopic (exact) mass is 252 g/mol. The van der Waals surface area contributed by atoms with Gasteiger partial charge in [0.25, 0.3) is 5.91 Å². The van der Waals surface area contributed by atoms with Gasteiger partial charge in [0, 0.05) is 12.1 Å². The molecule has 1 aromatic rings. The average Bonchev–Trinajstić information content (AvgIpc) is 2.28. The fourth-order valence-electron chi connectivity index (χ4n) is 1.63. The van der Waals surface area contributed by atoms with Crippen LogP contribution in [0.4, 0.5) is 0 Å². The van der Waals surface area contributed by atoms with Crippen LogP contribution in [0.5, 0.6) is 0 Å². The summed E-state index contributed by atoms with van der Waals surface area (Å²) in [5.74, 6) is -1.43. The Morgan fingerprint density at radius 2 is 2.17 bits per heavy atom. The van der Waals surface area contributed by atoms with Gasteiger partial charge in [0.15, 0.2) is 0 Å². The van der Waals surface area contributed by atoms with Crippen molar-refractivity contribution < 1.29 is 14.7 Å². The number of hydrogen-bond donors (Lipinski definition) is 3. The van der Waals surface area contributed by atoms with Gasteiger partial charge in [-0.3, -0.25) is 14.4 Å². The molecular weight excluding hydrogens is 236 g/mol. The third kappa shape index (κ3) is 4.40. The lowest BCUT2D eigenvalue weighted by molar-refractivity contribution is -0.137. The number of carbonyl (C=O) groups excluding carboxylic acids is 1. The highest BCUT2D eigenvalue weighted by Gasteiger charge is 2.16. The minimum absolute atomic E-state index is 0.128. The van der Waals surface area contributed by atoms with Gasteiger partial charge in [0.1, 0.15) is 5.69 Å². The first-order valence-electron chi connectivity index (χ1n) is 5.75. The summed E-state index contributed by atoms with van der Waals surface area (Å²) in [7, 11) is 0. The third-order valence-electron chi connectivity index (χ3n) is 2.41. The molecule has 0 aliphatic heterocycles. The smallest absolute Gasteiger partial charge is 0.305 e. The van der Waals surface area contributed by atoms with E-state index >= 15 is 0 Å². The van der Waals surface area contributed by atoms with Crippen molar-refractivity contribution in [2.75, 3.05) is 0 Å². The largest absolute Gasteiger partial charge is 0.481 e. The number of rotatable bonds is 6. The van der Waals surface area contributed by atoms with Gasteiger partial charge >= 0.3 is 5.97 Å².